The Morgan fingerprint density at radius 3 is 2.39 bits per heavy atom. The van der Waals surface area contributed by atoms with Crippen molar-refractivity contribution in [1.29, 1.82) is 0 Å². The van der Waals surface area contributed by atoms with Gasteiger partial charge in [0.2, 0.25) is 18.3 Å². The van der Waals surface area contributed by atoms with E-state index in [1.807, 2.05) is 38.3 Å². The molecule has 0 aliphatic carbocycles. The Bertz CT molecular complexity index is 2100. The Kier molecular flexibility index (Phi) is 11.3. The fourth-order valence-corrected chi connectivity index (χ4v) is 8.25. The molecule has 3 aromatic heterocycles. The first-order chi connectivity index (χ1) is 27.0. The number of imidazole rings is 1. The summed E-state index contributed by atoms with van der Waals surface area (Å²) >= 11 is 0. The van der Waals surface area contributed by atoms with Crippen molar-refractivity contribution < 1.29 is 23.9 Å². The summed E-state index contributed by atoms with van der Waals surface area (Å²) < 4.78 is 8.41. The number of aryl methyl sites for hydroxylation is 1. The van der Waals surface area contributed by atoms with E-state index in [-0.39, 0.29) is 36.3 Å². The van der Waals surface area contributed by atoms with Gasteiger partial charge in [-0.1, -0.05) is 0 Å². The molecule has 0 bridgehead atoms. The zero-order chi connectivity index (χ0) is 39.6. The Balaban J connectivity index is 0.896. The number of nitrogens with zero attached hydrogens (tertiary/aromatic N) is 9. The first-order valence-electron chi connectivity index (χ1n) is 19.5. The lowest BCUT2D eigenvalue weighted by molar-refractivity contribution is -0.125. The van der Waals surface area contributed by atoms with Crippen LogP contribution in [0.3, 0.4) is 0 Å². The molecule has 0 saturated carbocycles. The van der Waals surface area contributed by atoms with E-state index in [2.05, 4.69) is 58.7 Å². The number of carbonyl (C=O) groups is 4. The standard InChI is InChI=1S/C40H51N11O5/c1-26(2)50-28(4)44-32-24-42-35(23-33(32)50)45-34-10-14-41-39(46-34)49-16-12-40(56-5,13-17-49)11-15-47-18-20-48(21-19-47)29-7-8-30-31(22-29)38(55)51(37(30)54)27(3)6-9-36(53)43-25-52/h7-8,10,14,22-27H,6,9,11-13,15-21H2,1-5H3,(H,43,52,53)(H,41,42,45,46). The van der Waals surface area contributed by atoms with Gasteiger partial charge < -0.3 is 24.4 Å². The van der Waals surface area contributed by atoms with Crippen molar-refractivity contribution in [2.45, 2.75) is 77.5 Å². The number of fused-ring (bicyclic) bond motifs is 2. The van der Waals surface area contributed by atoms with Crippen LogP contribution in [0.25, 0.3) is 11.0 Å². The maximum atomic E-state index is 13.3. The summed E-state index contributed by atoms with van der Waals surface area (Å²) in [7, 11) is 1.82. The predicted octanol–water partition coefficient (Wildman–Crippen LogP) is 4.09. The number of aromatic nitrogens is 5. The molecule has 4 aromatic rings. The molecule has 0 radical (unpaired) electrons. The molecule has 1 unspecified atom stereocenters. The van der Waals surface area contributed by atoms with Crippen LogP contribution < -0.4 is 20.4 Å². The molecule has 6 heterocycles. The van der Waals surface area contributed by atoms with Crippen LogP contribution >= 0.6 is 0 Å². The minimum atomic E-state index is -0.479. The van der Waals surface area contributed by atoms with Crippen LogP contribution in [0.1, 0.15) is 85.5 Å². The molecule has 1 aromatic carbocycles. The van der Waals surface area contributed by atoms with Crippen LogP contribution in [-0.2, 0) is 14.3 Å². The minimum Gasteiger partial charge on any atom is -0.378 e. The third-order valence-electron chi connectivity index (χ3n) is 11.5. The summed E-state index contributed by atoms with van der Waals surface area (Å²) in [5, 5.41) is 5.46. The van der Waals surface area contributed by atoms with Crippen LogP contribution in [0, 0.1) is 6.92 Å². The van der Waals surface area contributed by atoms with E-state index in [0.717, 1.165) is 87.6 Å². The number of amides is 4. The quantitative estimate of drug-likeness (QED) is 0.139. The highest BCUT2D eigenvalue weighted by atomic mass is 16.5. The van der Waals surface area contributed by atoms with E-state index >= 15 is 0 Å². The fraction of sp³-hybridized carbons (Fsp3) is 0.500. The van der Waals surface area contributed by atoms with Crippen molar-refractivity contribution >= 4 is 58.4 Å². The topological polar surface area (TPSA) is 171 Å². The lowest BCUT2D eigenvalue weighted by atomic mass is 9.87. The van der Waals surface area contributed by atoms with Crippen molar-refractivity contribution in [3.8, 4) is 0 Å². The lowest BCUT2D eigenvalue weighted by Crippen LogP contribution is -2.50. The molecule has 3 aliphatic rings. The summed E-state index contributed by atoms with van der Waals surface area (Å²) in [5.74, 6) is 1.89. The molecule has 0 spiro atoms. The molecule has 7 rings (SSSR count). The Morgan fingerprint density at radius 1 is 0.929 bits per heavy atom. The van der Waals surface area contributed by atoms with Crippen LogP contribution in [-0.4, -0.2) is 123 Å². The second-order valence-corrected chi connectivity index (χ2v) is 15.3. The number of piperidine rings is 1. The van der Waals surface area contributed by atoms with Crippen molar-refractivity contribution in [3.63, 3.8) is 0 Å². The van der Waals surface area contributed by atoms with E-state index in [9.17, 15) is 19.2 Å². The first-order valence-corrected chi connectivity index (χ1v) is 19.5. The number of piperazine rings is 1. The zero-order valence-corrected chi connectivity index (χ0v) is 32.8. The molecule has 2 saturated heterocycles. The number of anilines is 4. The number of benzene rings is 1. The highest BCUT2D eigenvalue weighted by Gasteiger charge is 2.39. The smallest absolute Gasteiger partial charge is 0.261 e. The average molecular weight is 766 g/mol. The first kappa shape index (κ1) is 38.8. The van der Waals surface area contributed by atoms with Gasteiger partial charge in [0, 0.05) is 89.4 Å². The minimum absolute atomic E-state index is 0.0399. The molecule has 4 amide bonds. The third kappa shape index (κ3) is 7.93. The van der Waals surface area contributed by atoms with Crippen molar-refractivity contribution in [2.75, 3.05) is 68.0 Å². The number of hydrogen-bond donors (Lipinski definition) is 2. The normalized spacial score (nSPS) is 17.8. The molecule has 2 N–H and O–H groups in total. The third-order valence-corrected chi connectivity index (χ3v) is 11.5. The number of nitrogens with one attached hydrogen (secondary N) is 2. The highest BCUT2D eigenvalue weighted by Crippen LogP contribution is 2.33. The Labute approximate surface area is 326 Å². The van der Waals surface area contributed by atoms with Crippen LogP contribution in [0.2, 0.25) is 0 Å². The zero-order valence-electron chi connectivity index (χ0n) is 32.8. The van der Waals surface area contributed by atoms with Gasteiger partial charge in [0.25, 0.3) is 11.8 Å². The highest BCUT2D eigenvalue weighted by molar-refractivity contribution is 6.22. The maximum Gasteiger partial charge on any atom is 0.261 e. The molecule has 1 atom stereocenters. The summed E-state index contributed by atoms with van der Waals surface area (Å²) in [5.41, 5.74) is 3.36. The Hall–Kier alpha value is -5.48. The predicted molar refractivity (Wildman–Crippen MR) is 212 cm³/mol. The second kappa shape index (κ2) is 16.3. The number of pyridine rings is 1. The average Bonchev–Trinajstić information content (AvgIpc) is 3.67. The molecular weight excluding hydrogens is 715 g/mol. The van der Waals surface area contributed by atoms with Gasteiger partial charge in [0.05, 0.1) is 28.4 Å². The molecule has 3 aliphatic heterocycles. The van der Waals surface area contributed by atoms with E-state index < -0.39 is 11.9 Å². The summed E-state index contributed by atoms with van der Waals surface area (Å²) in [6, 6.07) is 9.14. The number of methoxy groups -OCH3 is 1. The molecule has 2 fully saturated rings. The summed E-state index contributed by atoms with van der Waals surface area (Å²) in [6.45, 7) is 13.9. The van der Waals surface area contributed by atoms with Gasteiger partial charge in [-0.05, 0) is 77.6 Å². The summed E-state index contributed by atoms with van der Waals surface area (Å²) in [4.78, 5) is 75.6. The lowest BCUT2D eigenvalue weighted by Gasteiger charge is -2.43. The van der Waals surface area contributed by atoms with Gasteiger partial charge in [0.1, 0.15) is 23.0 Å². The van der Waals surface area contributed by atoms with Crippen LogP contribution in [0.4, 0.5) is 23.3 Å². The molecular formula is C40H51N11O5. The van der Waals surface area contributed by atoms with E-state index in [1.165, 1.54) is 4.90 Å². The van der Waals surface area contributed by atoms with Gasteiger partial charge in [-0.2, -0.15) is 4.98 Å². The van der Waals surface area contributed by atoms with E-state index in [1.54, 1.807) is 25.4 Å². The second-order valence-electron chi connectivity index (χ2n) is 15.3. The van der Waals surface area contributed by atoms with Gasteiger partial charge in [0.15, 0.2) is 0 Å². The fourth-order valence-electron chi connectivity index (χ4n) is 8.25. The number of hydrogen-bond acceptors (Lipinski definition) is 13. The van der Waals surface area contributed by atoms with E-state index in [4.69, 9.17) is 9.72 Å². The van der Waals surface area contributed by atoms with Crippen molar-refractivity contribution in [1.82, 2.24) is 39.6 Å². The largest absolute Gasteiger partial charge is 0.378 e. The summed E-state index contributed by atoms with van der Waals surface area (Å²) in [6.07, 6.45) is 6.87. The van der Waals surface area contributed by atoms with Crippen molar-refractivity contribution in [2.24, 2.45) is 0 Å². The molecule has 296 valence electrons. The number of rotatable bonds is 14. The molecule has 16 nitrogen and oxygen atoms in total. The van der Waals surface area contributed by atoms with Gasteiger partial charge >= 0.3 is 0 Å². The van der Waals surface area contributed by atoms with Crippen LogP contribution in [0.5, 0.6) is 0 Å². The SMILES string of the molecule is COC1(CCN2CCN(c3ccc4c(c3)C(=O)N(C(C)CCC(=O)NC=O)C4=O)CC2)CCN(c2nccc(Nc3cc4c(cn3)nc(C)n4C(C)C)n2)CC1. The van der Waals surface area contributed by atoms with Crippen LogP contribution in [0.15, 0.2) is 42.7 Å². The number of ether oxygens (including phenoxy) is 1. The van der Waals surface area contributed by atoms with Crippen molar-refractivity contribution in [3.05, 3.63) is 59.7 Å². The van der Waals surface area contributed by atoms with Gasteiger partial charge in [-0.25, -0.2) is 15.0 Å². The number of imide groups is 2. The van der Waals surface area contributed by atoms with Gasteiger partial charge in [-0.3, -0.25) is 34.3 Å². The van der Waals surface area contributed by atoms with E-state index in [0.29, 0.717) is 35.1 Å². The van der Waals surface area contributed by atoms with Gasteiger partial charge in [-0.15, -0.1) is 0 Å². The monoisotopic (exact) mass is 765 g/mol. The Morgan fingerprint density at radius 2 is 1.68 bits per heavy atom. The maximum absolute atomic E-state index is 13.3. The molecule has 56 heavy (non-hydrogen) atoms. The number of carbonyl (C=O) groups excluding carboxylic acids is 4. The molecule has 16 heteroatoms.